The molecule has 1 fully saturated rings. The van der Waals surface area contributed by atoms with Gasteiger partial charge < -0.3 is 14.8 Å². The Kier molecular flexibility index (Phi) is 6.43. The molecule has 7 heteroatoms. The van der Waals surface area contributed by atoms with Gasteiger partial charge in [0, 0.05) is 30.2 Å². The third-order valence-corrected chi connectivity index (χ3v) is 3.79. The molecule has 1 unspecified atom stereocenters. The van der Waals surface area contributed by atoms with Crippen molar-refractivity contribution in [1.82, 2.24) is 10.2 Å². The van der Waals surface area contributed by atoms with Crippen molar-refractivity contribution in [2.45, 2.75) is 39.0 Å². The SMILES string of the molecule is CC(C)(C)OC(=O)N1CCOCC1CNCc1cc(Cl)ccc1F. The lowest BCUT2D eigenvalue weighted by molar-refractivity contribution is -0.0317. The van der Waals surface area contributed by atoms with Gasteiger partial charge in [-0.2, -0.15) is 0 Å². The van der Waals surface area contributed by atoms with Crippen LogP contribution in [-0.2, 0) is 16.0 Å². The van der Waals surface area contributed by atoms with E-state index >= 15 is 0 Å². The second kappa shape index (κ2) is 8.14. The predicted molar refractivity (Wildman–Crippen MR) is 90.7 cm³/mol. The van der Waals surface area contributed by atoms with Crippen molar-refractivity contribution in [3.05, 3.63) is 34.6 Å². The van der Waals surface area contributed by atoms with E-state index in [1.807, 2.05) is 20.8 Å². The van der Waals surface area contributed by atoms with Crippen LogP contribution in [-0.4, -0.2) is 48.9 Å². The molecule has 1 aromatic carbocycles. The van der Waals surface area contributed by atoms with Crippen molar-refractivity contribution in [2.24, 2.45) is 0 Å². The van der Waals surface area contributed by atoms with Crippen molar-refractivity contribution >= 4 is 17.7 Å². The Morgan fingerprint density at radius 3 is 2.96 bits per heavy atom. The molecule has 0 aromatic heterocycles. The van der Waals surface area contributed by atoms with Gasteiger partial charge in [0.2, 0.25) is 0 Å². The Bertz CT molecular complexity index is 577. The van der Waals surface area contributed by atoms with Crippen LogP contribution in [0, 0.1) is 5.82 Å². The zero-order chi connectivity index (χ0) is 17.7. The Labute approximate surface area is 147 Å². The molecule has 0 bridgehead atoms. The average molecular weight is 359 g/mol. The summed E-state index contributed by atoms with van der Waals surface area (Å²) >= 11 is 5.89. The monoisotopic (exact) mass is 358 g/mol. The third-order valence-electron chi connectivity index (χ3n) is 3.56. The first kappa shape index (κ1) is 19.0. The molecule has 24 heavy (non-hydrogen) atoms. The molecule has 1 aromatic rings. The summed E-state index contributed by atoms with van der Waals surface area (Å²) in [4.78, 5) is 14.0. The van der Waals surface area contributed by atoms with Gasteiger partial charge >= 0.3 is 6.09 Å². The van der Waals surface area contributed by atoms with Crippen molar-refractivity contribution in [3.63, 3.8) is 0 Å². The summed E-state index contributed by atoms with van der Waals surface area (Å²) in [5.41, 5.74) is -0.0554. The van der Waals surface area contributed by atoms with Gasteiger partial charge in [0.15, 0.2) is 0 Å². The molecule has 134 valence electrons. The molecule has 0 aliphatic carbocycles. The highest BCUT2D eigenvalue weighted by Gasteiger charge is 2.30. The molecule has 1 atom stereocenters. The molecular formula is C17H24ClFN2O3. The van der Waals surface area contributed by atoms with Gasteiger partial charge in [-0.3, -0.25) is 4.90 Å². The van der Waals surface area contributed by atoms with Crippen molar-refractivity contribution in [1.29, 1.82) is 0 Å². The maximum Gasteiger partial charge on any atom is 0.410 e. The van der Waals surface area contributed by atoms with Crippen LogP contribution in [0.25, 0.3) is 0 Å². The molecule has 5 nitrogen and oxygen atoms in total. The van der Waals surface area contributed by atoms with Gasteiger partial charge in [0.05, 0.1) is 19.3 Å². The van der Waals surface area contributed by atoms with Crippen LogP contribution in [0.5, 0.6) is 0 Å². The lowest BCUT2D eigenvalue weighted by Gasteiger charge is -2.36. The topological polar surface area (TPSA) is 50.8 Å². The summed E-state index contributed by atoms with van der Waals surface area (Å²) in [6.45, 7) is 7.69. The second-order valence-corrected chi connectivity index (χ2v) is 7.21. The van der Waals surface area contributed by atoms with Crippen LogP contribution < -0.4 is 5.32 Å². The first-order valence-corrected chi connectivity index (χ1v) is 8.36. The molecule has 1 N–H and O–H groups in total. The fourth-order valence-corrected chi connectivity index (χ4v) is 2.63. The van der Waals surface area contributed by atoms with Crippen LogP contribution in [0.2, 0.25) is 5.02 Å². The Morgan fingerprint density at radius 2 is 2.25 bits per heavy atom. The number of carbonyl (C=O) groups is 1. The van der Waals surface area contributed by atoms with E-state index < -0.39 is 5.60 Å². The summed E-state index contributed by atoms with van der Waals surface area (Å²) in [7, 11) is 0. The second-order valence-electron chi connectivity index (χ2n) is 6.77. The molecule has 1 aliphatic rings. The molecule has 0 radical (unpaired) electrons. The summed E-state index contributed by atoms with van der Waals surface area (Å²) < 4.78 is 24.6. The van der Waals surface area contributed by atoms with E-state index in [0.29, 0.717) is 43.4 Å². The predicted octanol–water partition coefficient (Wildman–Crippen LogP) is 3.20. The van der Waals surface area contributed by atoms with Crippen LogP contribution >= 0.6 is 11.6 Å². The Balaban J connectivity index is 1.91. The quantitative estimate of drug-likeness (QED) is 0.898. The maximum atomic E-state index is 13.7. The maximum absolute atomic E-state index is 13.7. The van der Waals surface area contributed by atoms with Crippen molar-refractivity contribution < 1.29 is 18.7 Å². The average Bonchev–Trinajstić information content (AvgIpc) is 2.49. The van der Waals surface area contributed by atoms with E-state index in [0.717, 1.165) is 0 Å². The highest BCUT2D eigenvalue weighted by molar-refractivity contribution is 6.30. The van der Waals surface area contributed by atoms with E-state index in [1.54, 1.807) is 11.0 Å². The van der Waals surface area contributed by atoms with Gasteiger partial charge in [-0.05, 0) is 39.0 Å². The molecular weight excluding hydrogens is 335 g/mol. The highest BCUT2D eigenvalue weighted by atomic mass is 35.5. The lowest BCUT2D eigenvalue weighted by atomic mass is 10.2. The smallest absolute Gasteiger partial charge is 0.410 e. The minimum absolute atomic E-state index is 0.157. The highest BCUT2D eigenvalue weighted by Crippen LogP contribution is 2.16. The normalized spacial score (nSPS) is 18.5. The van der Waals surface area contributed by atoms with Crippen molar-refractivity contribution in [3.8, 4) is 0 Å². The Hall–Kier alpha value is -1.37. The van der Waals surface area contributed by atoms with E-state index in [1.165, 1.54) is 12.1 Å². The number of morpholine rings is 1. The number of nitrogens with zero attached hydrogens (tertiary/aromatic N) is 1. The molecule has 1 heterocycles. The number of carbonyl (C=O) groups excluding carboxylic acids is 1. The molecule has 1 amide bonds. The largest absolute Gasteiger partial charge is 0.444 e. The first-order valence-electron chi connectivity index (χ1n) is 7.98. The molecule has 1 aliphatic heterocycles. The molecule has 1 saturated heterocycles. The van der Waals surface area contributed by atoms with E-state index in [4.69, 9.17) is 21.1 Å². The fraction of sp³-hybridized carbons (Fsp3) is 0.588. The van der Waals surface area contributed by atoms with Crippen molar-refractivity contribution in [2.75, 3.05) is 26.3 Å². The molecule has 0 spiro atoms. The fourth-order valence-electron chi connectivity index (χ4n) is 2.44. The van der Waals surface area contributed by atoms with Crippen LogP contribution in [0.15, 0.2) is 18.2 Å². The van der Waals surface area contributed by atoms with Gasteiger partial charge in [0.1, 0.15) is 11.4 Å². The standard InChI is InChI=1S/C17H24ClFN2O3/c1-17(2,3)24-16(22)21-6-7-23-11-14(21)10-20-9-12-8-13(18)4-5-15(12)19/h4-5,8,14,20H,6-7,9-11H2,1-3H3. The zero-order valence-corrected chi connectivity index (χ0v) is 15.0. The number of amides is 1. The van der Waals surface area contributed by atoms with Gasteiger partial charge in [-0.15, -0.1) is 0 Å². The number of nitrogens with one attached hydrogen (secondary N) is 1. The number of hydrogen-bond acceptors (Lipinski definition) is 4. The van der Waals surface area contributed by atoms with E-state index in [-0.39, 0.29) is 18.0 Å². The van der Waals surface area contributed by atoms with Crippen LogP contribution in [0.1, 0.15) is 26.3 Å². The first-order chi connectivity index (χ1) is 11.3. The zero-order valence-electron chi connectivity index (χ0n) is 14.3. The van der Waals surface area contributed by atoms with Gasteiger partial charge in [-0.1, -0.05) is 11.6 Å². The third kappa shape index (κ3) is 5.61. The minimum Gasteiger partial charge on any atom is -0.444 e. The lowest BCUT2D eigenvalue weighted by Crippen LogP contribution is -2.54. The number of hydrogen-bond donors (Lipinski definition) is 1. The minimum atomic E-state index is -0.544. The molecule has 0 saturated carbocycles. The van der Waals surface area contributed by atoms with Gasteiger partial charge in [-0.25, -0.2) is 9.18 Å². The van der Waals surface area contributed by atoms with Crippen LogP contribution in [0.3, 0.4) is 0 Å². The van der Waals surface area contributed by atoms with Crippen LogP contribution in [0.4, 0.5) is 9.18 Å². The molecule has 2 rings (SSSR count). The summed E-state index contributed by atoms with van der Waals surface area (Å²) in [6.07, 6.45) is -0.355. The van der Waals surface area contributed by atoms with E-state index in [2.05, 4.69) is 5.32 Å². The number of benzene rings is 1. The number of halogens is 2. The Morgan fingerprint density at radius 1 is 1.50 bits per heavy atom. The number of rotatable bonds is 4. The number of ether oxygens (including phenoxy) is 2. The summed E-state index contributed by atoms with van der Waals surface area (Å²) in [5, 5.41) is 3.65. The summed E-state index contributed by atoms with van der Waals surface area (Å²) in [6, 6.07) is 4.29. The van der Waals surface area contributed by atoms with E-state index in [9.17, 15) is 9.18 Å². The van der Waals surface area contributed by atoms with Gasteiger partial charge in [0.25, 0.3) is 0 Å². The summed E-state index contributed by atoms with van der Waals surface area (Å²) in [5.74, 6) is -0.309.